The number of rotatable bonds is 4. The number of aromatic nitrogens is 2. The van der Waals surface area contributed by atoms with Gasteiger partial charge >= 0.3 is 0 Å². The highest BCUT2D eigenvalue weighted by molar-refractivity contribution is 7.98. The normalized spacial score (nSPS) is 14.1. The summed E-state index contributed by atoms with van der Waals surface area (Å²) in [7, 11) is 0. The highest BCUT2D eigenvalue weighted by Crippen LogP contribution is 2.28. The van der Waals surface area contributed by atoms with Gasteiger partial charge in [-0.1, -0.05) is 36.4 Å². The summed E-state index contributed by atoms with van der Waals surface area (Å²) in [6.45, 7) is 3.14. The van der Waals surface area contributed by atoms with Crippen LogP contribution in [0.4, 0.5) is 0 Å². The van der Waals surface area contributed by atoms with Crippen molar-refractivity contribution in [2.75, 3.05) is 19.3 Å². The summed E-state index contributed by atoms with van der Waals surface area (Å²) in [4.78, 5) is 24.2. The maximum Gasteiger partial charge on any atom is 0.258 e. The van der Waals surface area contributed by atoms with Gasteiger partial charge in [-0.15, -0.1) is 11.8 Å². The Labute approximate surface area is 168 Å². The Morgan fingerprint density at radius 2 is 1.96 bits per heavy atom. The van der Waals surface area contributed by atoms with Gasteiger partial charge in [0.1, 0.15) is 5.03 Å². The molecule has 0 radical (unpaired) electrons. The average molecular weight is 391 g/mol. The lowest BCUT2D eigenvalue weighted by Gasteiger charge is -2.27. The van der Waals surface area contributed by atoms with Crippen LogP contribution in [-0.4, -0.2) is 40.1 Å². The first-order valence-corrected chi connectivity index (χ1v) is 10.4. The van der Waals surface area contributed by atoms with E-state index in [1.807, 2.05) is 42.3 Å². The Bertz CT molecular complexity index is 1010. The standard InChI is InChI=1S/C22H21N3O2S/c1-15-19(21(28-2)24-20(23-15)18-9-6-14-27-18)22(26)25-12-10-17(11-13-25)16-7-4-3-5-8-16/h3-10,14H,11-13H2,1-2H3. The van der Waals surface area contributed by atoms with Crippen LogP contribution in [0.15, 0.2) is 64.2 Å². The van der Waals surface area contributed by atoms with Gasteiger partial charge in [0.2, 0.25) is 0 Å². The fourth-order valence-corrected chi connectivity index (χ4v) is 4.00. The first-order chi connectivity index (χ1) is 13.7. The molecule has 0 N–H and O–H groups in total. The van der Waals surface area contributed by atoms with E-state index in [0.29, 0.717) is 41.0 Å². The molecule has 4 rings (SSSR count). The van der Waals surface area contributed by atoms with E-state index in [4.69, 9.17) is 4.42 Å². The zero-order chi connectivity index (χ0) is 19.5. The fourth-order valence-electron chi connectivity index (χ4n) is 3.38. The van der Waals surface area contributed by atoms with E-state index in [9.17, 15) is 4.79 Å². The third-order valence-electron chi connectivity index (χ3n) is 4.85. The molecule has 0 spiro atoms. The Kier molecular flexibility index (Phi) is 5.30. The van der Waals surface area contributed by atoms with Crippen LogP contribution in [0.2, 0.25) is 0 Å². The second kappa shape index (κ2) is 8.02. The second-order valence-electron chi connectivity index (χ2n) is 6.59. The molecule has 1 amide bonds. The maximum absolute atomic E-state index is 13.2. The summed E-state index contributed by atoms with van der Waals surface area (Å²) >= 11 is 1.46. The Balaban J connectivity index is 1.59. The minimum Gasteiger partial charge on any atom is -0.461 e. The molecule has 1 aliphatic heterocycles. The van der Waals surface area contributed by atoms with Crippen molar-refractivity contribution in [3.8, 4) is 11.6 Å². The van der Waals surface area contributed by atoms with Crippen LogP contribution in [0, 0.1) is 6.92 Å². The summed E-state index contributed by atoms with van der Waals surface area (Å²) in [6.07, 6.45) is 6.50. The van der Waals surface area contributed by atoms with Crippen LogP contribution in [0.1, 0.15) is 28.0 Å². The van der Waals surface area contributed by atoms with Crippen LogP contribution in [0.25, 0.3) is 17.2 Å². The summed E-state index contributed by atoms with van der Waals surface area (Å²) in [5.74, 6) is 1.09. The molecule has 0 aliphatic carbocycles. The Morgan fingerprint density at radius 3 is 2.61 bits per heavy atom. The first kappa shape index (κ1) is 18.5. The van der Waals surface area contributed by atoms with Crippen LogP contribution in [-0.2, 0) is 0 Å². The molecular weight excluding hydrogens is 370 g/mol. The summed E-state index contributed by atoms with van der Waals surface area (Å²) in [6, 6.07) is 13.9. The smallest absolute Gasteiger partial charge is 0.258 e. The fraction of sp³-hybridized carbons (Fsp3) is 0.227. The molecule has 2 aromatic heterocycles. The SMILES string of the molecule is CSc1nc(-c2ccco2)nc(C)c1C(=O)N1CC=C(c2ccccc2)CC1. The largest absolute Gasteiger partial charge is 0.461 e. The van der Waals surface area contributed by atoms with Gasteiger partial charge in [-0.25, -0.2) is 9.97 Å². The number of hydrogen-bond donors (Lipinski definition) is 0. The number of carbonyl (C=O) groups is 1. The molecule has 0 saturated carbocycles. The van der Waals surface area contributed by atoms with Gasteiger partial charge in [-0.05, 0) is 42.9 Å². The highest BCUT2D eigenvalue weighted by atomic mass is 32.2. The molecule has 0 unspecified atom stereocenters. The number of benzene rings is 1. The van der Waals surface area contributed by atoms with Crippen molar-refractivity contribution in [2.45, 2.75) is 18.4 Å². The number of hydrogen-bond acceptors (Lipinski definition) is 5. The van der Waals surface area contributed by atoms with Crippen LogP contribution < -0.4 is 0 Å². The lowest BCUT2D eigenvalue weighted by atomic mass is 9.99. The molecule has 0 saturated heterocycles. The van der Waals surface area contributed by atoms with E-state index in [2.05, 4.69) is 28.2 Å². The molecule has 1 aliphatic rings. The van der Waals surface area contributed by atoms with Gasteiger partial charge in [0.15, 0.2) is 11.6 Å². The number of thioether (sulfide) groups is 1. The summed E-state index contributed by atoms with van der Waals surface area (Å²) in [5, 5.41) is 0.682. The molecule has 142 valence electrons. The topological polar surface area (TPSA) is 59.2 Å². The Hall–Kier alpha value is -2.86. The quantitative estimate of drug-likeness (QED) is 0.477. The molecule has 6 heteroatoms. The van der Waals surface area contributed by atoms with Crippen LogP contribution in [0.3, 0.4) is 0 Å². The van der Waals surface area contributed by atoms with Crippen molar-refractivity contribution in [1.82, 2.24) is 14.9 Å². The van der Waals surface area contributed by atoms with E-state index in [1.54, 1.807) is 12.3 Å². The second-order valence-corrected chi connectivity index (χ2v) is 7.39. The molecule has 0 bridgehead atoms. The van der Waals surface area contributed by atoms with Gasteiger partial charge in [0.25, 0.3) is 5.91 Å². The minimum atomic E-state index is -0.0174. The van der Waals surface area contributed by atoms with Crippen LogP contribution in [0.5, 0.6) is 0 Å². The van der Waals surface area contributed by atoms with E-state index < -0.39 is 0 Å². The maximum atomic E-state index is 13.2. The number of carbonyl (C=O) groups excluding carboxylic acids is 1. The van der Waals surface area contributed by atoms with Gasteiger partial charge in [0.05, 0.1) is 17.5 Å². The van der Waals surface area contributed by atoms with Crippen LogP contribution >= 0.6 is 11.8 Å². The summed E-state index contributed by atoms with van der Waals surface area (Å²) in [5.41, 5.74) is 3.77. The lowest BCUT2D eigenvalue weighted by molar-refractivity contribution is 0.0767. The van der Waals surface area contributed by atoms with E-state index in [-0.39, 0.29) is 5.91 Å². The van der Waals surface area contributed by atoms with Crippen molar-refractivity contribution in [2.24, 2.45) is 0 Å². The van der Waals surface area contributed by atoms with Gasteiger partial charge in [-0.2, -0.15) is 0 Å². The molecule has 5 nitrogen and oxygen atoms in total. The number of nitrogens with zero attached hydrogens (tertiary/aromatic N) is 3. The first-order valence-electron chi connectivity index (χ1n) is 9.17. The van der Waals surface area contributed by atoms with Gasteiger partial charge < -0.3 is 9.32 Å². The zero-order valence-electron chi connectivity index (χ0n) is 15.9. The number of amides is 1. The van der Waals surface area contributed by atoms with Gasteiger partial charge in [-0.3, -0.25) is 4.79 Å². The molecule has 0 fully saturated rings. The Morgan fingerprint density at radius 1 is 1.14 bits per heavy atom. The lowest BCUT2D eigenvalue weighted by Crippen LogP contribution is -2.35. The predicted molar refractivity (Wildman–Crippen MR) is 111 cm³/mol. The molecule has 0 atom stereocenters. The van der Waals surface area contributed by atoms with Crippen molar-refractivity contribution in [1.29, 1.82) is 0 Å². The molecular formula is C22H21N3O2S. The zero-order valence-corrected chi connectivity index (χ0v) is 16.7. The van der Waals surface area contributed by atoms with Gasteiger partial charge in [0, 0.05) is 13.1 Å². The van der Waals surface area contributed by atoms with Crippen molar-refractivity contribution >= 4 is 23.2 Å². The van der Waals surface area contributed by atoms with Crippen molar-refractivity contribution < 1.29 is 9.21 Å². The minimum absolute atomic E-state index is 0.0174. The summed E-state index contributed by atoms with van der Waals surface area (Å²) < 4.78 is 5.41. The molecule has 1 aromatic carbocycles. The van der Waals surface area contributed by atoms with E-state index in [0.717, 1.165) is 6.42 Å². The predicted octanol–water partition coefficient (Wildman–Crippen LogP) is 4.70. The molecule has 28 heavy (non-hydrogen) atoms. The third-order valence-corrected chi connectivity index (χ3v) is 5.53. The van der Waals surface area contributed by atoms with E-state index in [1.165, 1.54) is 22.9 Å². The average Bonchev–Trinajstić information content (AvgIpc) is 3.28. The molecule has 3 heterocycles. The van der Waals surface area contributed by atoms with Crippen molar-refractivity contribution in [3.63, 3.8) is 0 Å². The third kappa shape index (κ3) is 3.60. The van der Waals surface area contributed by atoms with Crippen molar-refractivity contribution in [3.05, 3.63) is 71.6 Å². The van der Waals surface area contributed by atoms with E-state index >= 15 is 0 Å². The molecule has 3 aromatic rings. The number of furan rings is 1. The number of aryl methyl sites for hydroxylation is 1. The monoisotopic (exact) mass is 391 g/mol. The highest BCUT2D eigenvalue weighted by Gasteiger charge is 2.25.